The van der Waals surface area contributed by atoms with Gasteiger partial charge in [-0.3, -0.25) is 0 Å². The number of nitrogens with zero attached hydrogens (tertiary/aromatic N) is 1. The molecule has 0 aliphatic heterocycles. The van der Waals surface area contributed by atoms with Crippen molar-refractivity contribution in [2.75, 3.05) is 0 Å². The lowest BCUT2D eigenvalue weighted by molar-refractivity contribution is 0.181. The number of aliphatic hydroxyl groups excluding tert-OH is 1. The Kier molecular flexibility index (Phi) is 2.94. The number of hydrogen-bond donors (Lipinski definition) is 1. The van der Waals surface area contributed by atoms with E-state index >= 15 is 0 Å². The van der Waals surface area contributed by atoms with E-state index in [1.165, 1.54) is 18.3 Å². The molecule has 1 aromatic heterocycles. The van der Waals surface area contributed by atoms with Crippen LogP contribution < -0.4 is 0 Å². The van der Waals surface area contributed by atoms with Gasteiger partial charge in [0, 0.05) is 6.20 Å². The van der Waals surface area contributed by atoms with Crippen LogP contribution in [0.3, 0.4) is 0 Å². The van der Waals surface area contributed by atoms with Crippen molar-refractivity contribution in [2.24, 2.45) is 0 Å². The third-order valence-corrected chi connectivity index (χ3v) is 1.52. The van der Waals surface area contributed by atoms with E-state index in [0.29, 0.717) is 12.0 Å². The molecule has 1 aromatic rings. The second kappa shape index (κ2) is 3.97. The van der Waals surface area contributed by atoms with Gasteiger partial charge in [0.1, 0.15) is 0 Å². The molecule has 0 radical (unpaired) electrons. The molecule has 0 bridgehead atoms. The Bertz CT molecular complexity index is 258. The van der Waals surface area contributed by atoms with Gasteiger partial charge in [-0.15, -0.1) is 6.58 Å². The molecule has 0 aliphatic carbocycles. The highest BCUT2D eigenvalue weighted by atomic mass is 19.1. The van der Waals surface area contributed by atoms with Gasteiger partial charge >= 0.3 is 0 Å². The number of aliphatic hydroxyl groups is 1. The summed E-state index contributed by atoms with van der Waals surface area (Å²) in [5.74, 6) is -0.537. The zero-order chi connectivity index (χ0) is 8.97. The first-order valence-corrected chi connectivity index (χ1v) is 3.64. The molecule has 1 N–H and O–H groups in total. The van der Waals surface area contributed by atoms with Crippen molar-refractivity contribution < 1.29 is 9.50 Å². The summed E-state index contributed by atoms with van der Waals surface area (Å²) in [5, 5.41) is 9.38. The van der Waals surface area contributed by atoms with Crippen LogP contribution in [0, 0.1) is 5.95 Å². The molecular formula is C9H10FNO. The largest absolute Gasteiger partial charge is 0.388 e. The first-order chi connectivity index (χ1) is 5.74. The van der Waals surface area contributed by atoms with Crippen LogP contribution in [-0.2, 0) is 0 Å². The summed E-state index contributed by atoms with van der Waals surface area (Å²) < 4.78 is 12.3. The lowest BCUT2D eigenvalue weighted by Crippen LogP contribution is -1.96. The maximum Gasteiger partial charge on any atom is 0.212 e. The summed E-state index contributed by atoms with van der Waals surface area (Å²) in [6, 6.07) is 2.73. The van der Waals surface area contributed by atoms with Crippen LogP contribution in [0.4, 0.5) is 4.39 Å². The minimum Gasteiger partial charge on any atom is -0.388 e. The molecule has 0 spiro atoms. The first kappa shape index (κ1) is 8.87. The molecule has 0 fully saturated rings. The van der Waals surface area contributed by atoms with Crippen molar-refractivity contribution in [2.45, 2.75) is 12.5 Å². The van der Waals surface area contributed by atoms with Crippen LogP contribution in [0.15, 0.2) is 31.0 Å². The van der Waals surface area contributed by atoms with Crippen molar-refractivity contribution in [1.29, 1.82) is 0 Å². The van der Waals surface area contributed by atoms with Gasteiger partial charge in [0.15, 0.2) is 0 Å². The highest BCUT2D eigenvalue weighted by Gasteiger charge is 2.04. The van der Waals surface area contributed by atoms with Gasteiger partial charge in [-0.1, -0.05) is 12.1 Å². The highest BCUT2D eigenvalue weighted by molar-refractivity contribution is 5.13. The number of pyridine rings is 1. The fraction of sp³-hybridized carbons (Fsp3) is 0.222. The van der Waals surface area contributed by atoms with E-state index in [4.69, 9.17) is 0 Å². The average Bonchev–Trinajstić information content (AvgIpc) is 2.06. The van der Waals surface area contributed by atoms with E-state index in [1.807, 2.05) is 0 Å². The fourth-order valence-corrected chi connectivity index (χ4v) is 0.878. The van der Waals surface area contributed by atoms with Crippen LogP contribution in [0.5, 0.6) is 0 Å². The van der Waals surface area contributed by atoms with Crippen LogP contribution >= 0.6 is 0 Å². The Balaban J connectivity index is 2.74. The smallest absolute Gasteiger partial charge is 0.212 e. The highest BCUT2D eigenvalue weighted by Crippen LogP contribution is 2.15. The second-order valence-corrected chi connectivity index (χ2v) is 2.45. The summed E-state index contributed by atoms with van der Waals surface area (Å²) in [4.78, 5) is 3.42. The third kappa shape index (κ3) is 2.13. The zero-order valence-electron chi connectivity index (χ0n) is 6.57. The standard InChI is InChI=1S/C9H10FNO/c1-2-3-8(12)7-4-5-9(10)11-6-7/h2,4-6,8,12H,1,3H2. The van der Waals surface area contributed by atoms with E-state index in [-0.39, 0.29) is 0 Å². The average molecular weight is 167 g/mol. The summed E-state index contributed by atoms with van der Waals surface area (Å²) in [6.07, 6.45) is 2.75. The molecule has 0 aliphatic rings. The van der Waals surface area contributed by atoms with Crippen LogP contribution in [0.25, 0.3) is 0 Å². The zero-order valence-corrected chi connectivity index (χ0v) is 6.57. The summed E-state index contributed by atoms with van der Waals surface area (Å²) >= 11 is 0. The predicted molar refractivity (Wildman–Crippen MR) is 44.0 cm³/mol. The SMILES string of the molecule is C=CCC(O)c1ccc(F)nc1. The van der Waals surface area contributed by atoms with E-state index < -0.39 is 12.1 Å². The molecule has 1 unspecified atom stereocenters. The van der Waals surface area contributed by atoms with Gasteiger partial charge in [-0.2, -0.15) is 4.39 Å². The maximum absolute atomic E-state index is 12.3. The number of halogens is 1. The molecule has 12 heavy (non-hydrogen) atoms. The monoisotopic (exact) mass is 167 g/mol. The third-order valence-electron chi connectivity index (χ3n) is 1.52. The molecule has 0 amide bonds. The molecule has 1 atom stereocenters. The molecule has 1 heterocycles. The van der Waals surface area contributed by atoms with Gasteiger partial charge in [-0.05, 0) is 18.1 Å². The van der Waals surface area contributed by atoms with Crippen molar-refractivity contribution in [3.05, 3.63) is 42.5 Å². The molecular weight excluding hydrogens is 157 g/mol. The Morgan fingerprint density at radius 3 is 2.92 bits per heavy atom. The van der Waals surface area contributed by atoms with Crippen molar-refractivity contribution in [3.63, 3.8) is 0 Å². The maximum atomic E-state index is 12.3. The van der Waals surface area contributed by atoms with Gasteiger partial charge < -0.3 is 5.11 Å². The molecule has 0 saturated carbocycles. The van der Waals surface area contributed by atoms with E-state index in [0.717, 1.165) is 0 Å². The normalized spacial score (nSPS) is 12.5. The number of aromatic nitrogens is 1. The lowest BCUT2D eigenvalue weighted by Gasteiger charge is -2.06. The summed E-state index contributed by atoms with van der Waals surface area (Å²) in [6.45, 7) is 3.49. The van der Waals surface area contributed by atoms with E-state index in [1.54, 1.807) is 6.08 Å². The number of rotatable bonds is 3. The summed E-state index contributed by atoms with van der Waals surface area (Å²) in [5.41, 5.74) is 0.608. The fourth-order valence-electron chi connectivity index (χ4n) is 0.878. The van der Waals surface area contributed by atoms with Gasteiger partial charge in [-0.25, -0.2) is 4.98 Å². The number of hydrogen-bond acceptors (Lipinski definition) is 2. The lowest BCUT2D eigenvalue weighted by atomic mass is 10.1. The van der Waals surface area contributed by atoms with E-state index in [2.05, 4.69) is 11.6 Å². The van der Waals surface area contributed by atoms with E-state index in [9.17, 15) is 9.50 Å². The summed E-state index contributed by atoms with van der Waals surface area (Å²) in [7, 11) is 0. The van der Waals surface area contributed by atoms with Crippen molar-refractivity contribution >= 4 is 0 Å². The predicted octanol–water partition coefficient (Wildman–Crippen LogP) is 1.83. The van der Waals surface area contributed by atoms with Crippen LogP contribution in [-0.4, -0.2) is 10.1 Å². The van der Waals surface area contributed by atoms with Crippen molar-refractivity contribution in [3.8, 4) is 0 Å². The Morgan fingerprint density at radius 2 is 2.42 bits per heavy atom. The molecule has 0 aromatic carbocycles. The quantitative estimate of drug-likeness (QED) is 0.550. The Labute approximate surface area is 70.4 Å². The van der Waals surface area contributed by atoms with Crippen LogP contribution in [0.2, 0.25) is 0 Å². The van der Waals surface area contributed by atoms with Gasteiger partial charge in [0.2, 0.25) is 5.95 Å². The molecule has 2 nitrogen and oxygen atoms in total. The Morgan fingerprint density at radius 1 is 1.67 bits per heavy atom. The van der Waals surface area contributed by atoms with Gasteiger partial charge in [0.05, 0.1) is 6.10 Å². The van der Waals surface area contributed by atoms with Crippen LogP contribution in [0.1, 0.15) is 18.1 Å². The molecule has 64 valence electrons. The minimum absolute atomic E-state index is 0.452. The second-order valence-electron chi connectivity index (χ2n) is 2.45. The molecule has 0 saturated heterocycles. The Hall–Kier alpha value is -1.22. The first-order valence-electron chi connectivity index (χ1n) is 3.64. The van der Waals surface area contributed by atoms with Crippen molar-refractivity contribution in [1.82, 2.24) is 4.98 Å². The molecule has 1 rings (SSSR count). The van der Waals surface area contributed by atoms with Gasteiger partial charge in [0.25, 0.3) is 0 Å². The molecule has 3 heteroatoms. The minimum atomic E-state index is -0.629. The topological polar surface area (TPSA) is 33.1 Å².